The maximum atomic E-state index is 13.4. The summed E-state index contributed by atoms with van der Waals surface area (Å²) < 4.78 is 5.76. The molecule has 4 saturated carbocycles. The second-order valence-electron chi connectivity index (χ2n) is 10.4. The van der Waals surface area contributed by atoms with E-state index in [2.05, 4.69) is 27.4 Å². The molecule has 1 spiro atoms. The predicted molar refractivity (Wildman–Crippen MR) is 99.6 cm³/mol. The van der Waals surface area contributed by atoms with E-state index in [1.54, 1.807) is 0 Å². The van der Waals surface area contributed by atoms with Gasteiger partial charge >= 0.3 is 5.97 Å². The fourth-order valence-corrected chi connectivity index (χ4v) is 7.79. The molecule has 4 aliphatic carbocycles. The van der Waals surface area contributed by atoms with Crippen LogP contribution in [0.1, 0.15) is 59.8 Å². The molecule has 0 amide bonds. The van der Waals surface area contributed by atoms with Crippen LogP contribution in [0, 0.1) is 34.0 Å². The molecular weight excluding hydrogens is 344 g/mol. The van der Waals surface area contributed by atoms with Crippen LogP contribution in [0.2, 0.25) is 0 Å². The number of esters is 1. The van der Waals surface area contributed by atoms with Gasteiger partial charge in [-0.2, -0.15) is 0 Å². The van der Waals surface area contributed by atoms with E-state index < -0.39 is 29.6 Å². The molecule has 27 heavy (non-hydrogen) atoms. The van der Waals surface area contributed by atoms with Crippen LogP contribution in [-0.4, -0.2) is 40.3 Å². The highest BCUT2D eigenvalue weighted by Crippen LogP contribution is 2.71. The maximum absolute atomic E-state index is 13.4. The molecule has 2 unspecified atom stereocenters. The van der Waals surface area contributed by atoms with E-state index >= 15 is 0 Å². The van der Waals surface area contributed by atoms with Gasteiger partial charge in [-0.05, 0) is 48.0 Å². The SMILES string of the molecule is C=C1C(=O)[C@@]23C(C(OC(C)=O)C[C@@H]1[C@H]2O)[C@]1(C)CCCC(C)(C)[C@H]1C[C@H]3O. The minimum atomic E-state index is -1.29. The standard InChI is InChI=1S/C22H32O5/c1-11-13-9-14(27-12(2)23)17-21(5)8-6-7-20(3,4)15(21)10-16(24)22(17,18(11)25)19(13)26/h13-17,19,24,26H,1,6-10H2,2-5H3/t13-,14?,15+,16+,17?,19+,21+,22+/m0/s1. The molecule has 0 radical (unpaired) electrons. The van der Waals surface area contributed by atoms with Crippen molar-refractivity contribution in [3.8, 4) is 0 Å². The topological polar surface area (TPSA) is 83.8 Å². The van der Waals surface area contributed by atoms with E-state index in [0.29, 0.717) is 18.4 Å². The lowest BCUT2D eigenvalue weighted by atomic mass is 9.39. The molecule has 0 aromatic rings. The predicted octanol–water partition coefficient (Wildman–Crippen LogP) is 2.64. The highest BCUT2D eigenvalue weighted by Gasteiger charge is 2.76. The van der Waals surface area contributed by atoms with Gasteiger partial charge in [-0.15, -0.1) is 0 Å². The summed E-state index contributed by atoms with van der Waals surface area (Å²) in [5.74, 6) is -1.22. The molecule has 8 atom stereocenters. The van der Waals surface area contributed by atoms with Gasteiger partial charge in [-0.1, -0.05) is 33.8 Å². The van der Waals surface area contributed by atoms with Crippen molar-refractivity contribution < 1.29 is 24.5 Å². The summed E-state index contributed by atoms with van der Waals surface area (Å²) in [6.07, 6.45) is 1.55. The lowest BCUT2D eigenvalue weighted by Gasteiger charge is -2.66. The van der Waals surface area contributed by atoms with Crippen molar-refractivity contribution in [1.82, 2.24) is 0 Å². The Bertz CT molecular complexity index is 711. The van der Waals surface area contributed by atoms with Crippen molar-refractivity contribution in [3.63, 3.8) is 0 Å². The molecular formula is C22H32O5. The summed E-state index contributed by atoms with van der Waals surface area (Å²) in [7, 11) is 0. The Balaban J connectivity index is 1.92. The molecule has 2 N–H and O–H groups in total. The molecule has 0 aromatic heterocycles. The van der Waals surface area contributed by atoms with Crippen molar-refractivity contribution in [2.75, 3.05) is 0 Å². The van der Waals surface area contributed by atoms with Crippen LogP contribution in [-0.2, 0) is 14.3 Å². The average molecular weight is 376 g/mol. The molecule has 4 fully saturated rings. The van der Waals surface area contributed by atoms with Gasteiger partial charge in [0, 0.05) is 18.8 Å². The van der Waals surface area contributed by atoms with E-state index in [9.17, 15) is 19.8 Å². The number of hydrogen-bond acceptors (Lipinski definition) is 5. The second kappa shape index (κ2) is 5.66. The van der Waals surface area contributed by atoms with Gasteiger partial charge in [0.15, 0.2) is 5.78 Å². The summed E-state index contributed by atoms with van der Waals surface area (Å²) >= 11 is 0. The molecule has 4 aliphatic rings. The molecule has 150 valence electrons. The average Bonchev–Trinajstić information content (AvgIpc) is 2.67. The van der Waals surface area contributed by atoms with Crippen molar-refractivity contribution in [3.05, 3.63) is 12.2 Å². The Morgan fingerprint density at radius 1 is 1.19 bits per heavy atom. The maximum Gasteiger partial charge on any atom is 0.302 e. The Hall–Kier alpha value is -1.20. The first-order chi connectivity index (χ1) is 12.5. The van der Waals surface area contributed by atoms with Crippen molar-refractivity contribution in [2.45, 2.75) is 78.1 Å². The largest absolute Gasteiger partial charge is 0.462 e. The third kappa shape index (κ3) is 2.19. The number of ketones is 1. The minimum absolute atomic E-state index is 0.0246. The minimum Gasteiger partial charge on any atom is -0.462 e. The monoisotopic (exact) mass is 376 g/mol. The summed E-state index contributed by atoms with van der Waals surface area (Å²) in [5.41, 5.74) is -1.17. The third-order valence-electron chi connectivity index (χ3n) is 8.69. The molecule has 0 aromatic carbocycles. The Labute approximate surface area is 161 Å². The van der Waals surface area contributed by atoms with E-state index in [-0.39, 0.29) is 34.4 Å². The first-order valence-electron chi connectivity index (χ1n) is 10.2. The number of carbonyl (C=O) groups excluding carboxylic acids is 2. The van der Waals surface area contributed by atoms with Gasteiger partial charge in [0.1, 0.15) is 6.10 Å². The van der Waals surface area contributed by atoms with Gasteiger partial charge in [0.05, 0.1) is 17.6 Å². The van der Waals surface area contributed by atoms with E-state index in [1.807, 2.05) is 0 Å². The fraction of sp³-hybridized carbons (Fsp3) is 0.818. The summed E-state index contributed by atoms with van der Waals surface area (Å²) in [4.78, 5) is 25.3. The number of fused-ring (bicyclic) bond motifs is 3. The first kappa shape index (κ1) is 19.1. The number of rotatable bonds is 1. The number of aliphatic hydroxyl groups excluding tert-OH is 2. The molecule has 0 heterocycles. The molecule has 2 bridgehead atoms. The Morgan fingerprint density at radius 3 is 2.48 bits per heavy atom. The van der Waals surface area contributed by atoms with Crippen LogP contribution >= 0.6 is 0 Å². The fourth-order valence-electron chi connectivity index (χ4n) is 7.79. The van der Waals surface area contributed by atoms with Crippen molar-refractivity contribution in [2.24, 2.45) is 34.0 Å². The quantitative estimate of drug-likeness (QED) is 0.543. The zero-order chi connectivity index (χ0) is 19.9. The number of hydrogen-bond donors (Lipinski definition) is 2. The van der Waals surface area contributed by atoms with E-state index in [0.717, 1.165) is 19.3 Å². The van der Waals surface area contributed by atoms with Crippen molar-refractivity contribution >= 4 is 11.8 Å². The molecule has 0 saturated heterocycles. The lowest BCUT2D eigenvalue weighted by molar-refractivity contribution is -0.254. The third-order valence-corrected chi connectivity index (χ3v) is 8.69. The highest BCUT2D eigenvalue weighted by atomic mass is 16.5. The number of carbonyl (C=O) groups is 2. The van der Waals surface area contributed by atoms with Crippen LogP contribution < -0.4 is 0 Å². The van der Waals surface area contributed by atoms with Crippen LogP contribution in [0.5, 0.6) is 0 Å². The normalized spacial score (nSPS) is 50.7. The Kier molecular flexibility index (Phi) is 4.01. The number of Topliss-reactive ketones (excluding diaryl/α,β-unsaturated/α-hetero) is 1. The van der Waals surface area contributed by atoms with Gasteiger partial charge in [0.25, 0.3) is 0 Å². The lowest BCUT2D eigenvalue weighted by Crippen LogP contribution is -2.70. The molecule has 0 aliphatic heterocycles. The molecule has 5 nitrogen and oxygen atoms in total. The van der Waals surface area contributed by atoms with E-state index in [1.165, 1.54) is 6.92 Å². The van der Waals surface area contributed by atoms with Crippen LogP contribution in [0.4, 0.5) is 0 Å². The van der Waals surface area contributed by atoms with Crippen molar-refractivity contribution in [1.29, 1.82) is 0 Å². The van der Waals surface area contributed by atoms with Gasteiger partial charge in [-0.3, -0.25) is 9.59 Å². The first-order valence-corrected chi connectivity index (χ1v) is 10.2. The molecule has 4 rings (SSSR count). The van der Waals surface area contributed by atoms with Crippen LogP contribution in [0.15, 0.2) is 12.2 Å². The van der Waals surface area contributed by atoms with Crippen LogP contribution in [0.3, 0.4) is 0 Å². The van der Waals surface area contributed by atoms with E-state index in [4.69, 9.17) is 4.74 Å². The summed E-state index contributed by atoms with van der Waals surface area (Å²) in [5, 5.41) is 22.5. The summed E-state index contributed by atoms with van der Waals surface area (Å²) in [6.45, 7) is 12.0. The highest BCUT2D eigenvalue weighted by molar-refractivity contribution is 6.04. The zero-order valence-electron chi connectivity index (χ0n) is 16.8. The molecule has 5 heteroatoms. The Morgan fingerprint density at radius 2 is 1.85 bits per heavy atom. The van der Waals surface area contributed by atoms with Gasteiger partial charge in [0.2, 0.25) is 0 Å². The van der Waals surface area contributed by atoms with Gasteiger partial charge in [-0.25, -0.2) is 0 Å². The second-order valence-corrected chi connectivity index (χ2v) is 10.4. The van der Waals surface area contributed by atoms with Crippen LogP contribution in [0.25, 0.3) is 0 Å². The number of ether oxygens (including phenoxy) is 1. The zero-order valence-corrected chi connectivity index (χ0v) is 16.8. The number of aliphatic hydroxyl groups is 2. The van der Waals surface area contributed by atoms with Gasteiger partial charge < -0.3 is 14.9 Å². The smallest absolute Gasteiger partial charge is 0.302 e. The summed E-state index contributed by atoms with van der Waals surface area (Å²) in [6, 6.07) is 0.